The molecule has 1 rings (SSSR count). The van der Waals surface area contributed by atoms with Crippen molar-refractivity contribution in [3.05, 3.63) is 22.4 Å². The molecule has 12 heavy (non-hydrogen) atoms. The van der Waals surface area contributed by atoms with Crippen LogP contribution in [-0.2, 0) is 5.75 Å². The fourth-order valence-corrected chi connectivity index (χ4v) is 1.20. The molecule has 1 aromatic heterocycles. The third-order valence-corrected chi connectivity index (χ3v) is 1.88. The first-order valence-corrected chi connectivity index (χ1v) is 4.78. The van der Waals surface area contributed by atoms with Crippen LogP contribution in [0.15, 0.2) is 11.0 Å². The quantitative estimate of drug-likeness (QED) is 0.752. The van der Waals surface area contributed by atoms with Crippen LogP contribution < -0.4 is 10.3 Å². The Kier molecular flexibility index (Phi) is 3.16. The summed E-state index contributed by atoms with van der Waals surface area (Å²) in [6, 6.07) is 0. The van der Waals surface area contributed by atoms with E-state index in [9.17, 15) is 4.79 Å². The predicted molar refractivity (Wildman–Crippen MR) is 48.6 cm³/mol. The highest BCUT2D eigenvalue weighted by Gasteiger charge is 2.00. The third kappa shape index (κ3) is 2.01. The van der Waals surface area contributed by atoms with E-state index < -0.39 is 0 Å². The van der Waals surface area contributed by atoms with Gasteiger partial charge >= 0.3 is 0 Å². The molecule has 0 aromatic carbocycles. The van der Waals surface area contributed by atoms with Gasteiger partial charge in [-0.2, -0.15) is 11.8 Å². The fraction of sp³-hybridized carbons (Fsp3) is 0.429. The van der Waals surface area contributed by atoms with Gasteiger partial charge in [0.2, 0.25) is 5.75 Å². The number of hydrogen-bond donors (Lipinski definition) is 1. The summed E-state index contributed by atoms with van der Waals surface area (Å²) < 4.78 is 4.77. The van der Waals surface area contributed by atoms with Crippen LogP contribution >= 0.6 is 11.8 Å². The van der Waals surface area contributed by atoms with Gasteiger partial charge in [-0.15, -0.1) is 0 Å². The summed E-state index contributed by atoms with van der Waals surface area (Å²) in [5.74, 6) is 1.63. The van der Waals surface area contributed by atoms with Crippen molar-refractivity contribution in [2.75, 3.05) is 13.4 Å². The Morgan fingerprint density at radius 2 is 2.50 bits per heavy atom. The lowest BCUT2D eigenvalue weighted by Crippen LogP contribution is -2.12. The molecule has 0 bridgehead atoms. The molecular formula is C7H10N2O2S. The van der Waals surface area contributed by atoms with Gasteiger partial charge in [0.15, 0.2) is 0 Å². The maximum Gasteiger partial charge on any atom is 0.293 e. The molecule has 4 nitrogen and oxygen atoms in total. The highest BCUT2D eigenvalue weighted by atomic mass is 32.2. The maximum absolute atomic E-state index is 11.1. The Morgan fingerprint density at radius 1 is 1.75 bits per heavy atom. The molecule has 0 unspecified atom stereocenters. The second-order valence-corrected chi connectivity index (χ2v) is 3.03. The molecule has 66 valence electrons. The van der Waals surface area contributed by atoms with E-state index in [1.54, 1.807) is 11.8 Å². The Hall–Kier alpha value is -0.970. The first-order chi connectivity index (χ1) is 5.77. The minimum Gasteiger partial charge on any atom is -0.490 e. The van der Waals surface area contributed by atoms with E-state index in [4.69, 9.17) is 4.74 Å². The lowest BCUT2D eigenvalue weighted by molar-refractivity contribution is 0.405. The zero-order valence-electron chi connectivity index (χ0n) is 6.96. The number of aromatic nitrogens is 2. The number of H-pyrrole nitrogens is 1. The number of hydrogen-bond acceptors (Lipinski definition) is 4. The third-order valence-electron chi connectivity index (χ3n) is 1.32. The van der Waals surface area contributed by atoms with Crippen molar-refractivity contribution in [1.29, 1.82) is 0 Å². The lowest BCUT2D eigenvalue weighted by atomic mass is 10.5. The highest BCUT2D eigenvalue weighted by molar-refractivity contribution is 7.97. The summed E-state index contributed by atoms with van der Waals surface area (Å²) in [7, 11) is 1.44. The standard InChI is InChI=1S/C7H10N2O2S/c1-11-5-3-8-6(4-12-2)9-7(5)10/h3H,4H2,1-2H3,(H,8,9,10). The van der Waals surface area contributed by atoms with Crippen molar-refractivity contribution in [3.8, 4) is 5.75 Å². The van der Waals surface area contributed by atoms with E-state index in [0.29, 0.717) is 11.6 Å². The van der Waals surface area contributed by atoms with Gasteiger partial charge < -0.3 is 9.72 Å². The van der Waals surface area contributed by atoms with Crippen LogP contribution in [-0.4, -0.2) is 23.3 Å². The summed E-state index contributed by atoms with van der Waals surface area (Å²) in [5, 5.41) is 0. The van der Waals surface area contributed by atoms with Crippen molar-refractivity contribution in [2.24, 2.45) is 0 Å². The van der Waals surface area contributed by atoms with Crippen LogP contribution in [0.4, 0.5) is 0 Å². The van der Waals surface area contributed by atoms with Crippen LogP contribution in [0.3, 0.4) is 0 Å². The average molecular weight is 186 g/mol. The van der Waals surface area contributed by atoms with Crippen molar-refractivity contribution >= 4 is 11.8 Å². The molecule has 1 heterocycles. The molecule has 1 aromatic rings. The largest absolute Gasteiger partial charge is 0.490 e. The van der Waals surface area contributed by atoms with Crippen LogP contribution in [0.1, 0.15) is 5.82 Å². The minimum absolute atomic E-state index is 0.225. The summed E-state index contributed by atoms with van der Waals surface area (Å²) in [6.07, 6.45) is 3.38. The Labute approximate surface area is 74.4 Å². The number of aromatic amines is 1. The molecule has 0 aliphatic heterocycles. The van der Waals surface area contributed by atoms with Crippen LogP contribution in [0.5, 0.6) is 5.75 Å². The SMILES string of the molecule is COc1cnc(CSC)[nH]c1=O. The Morgan fingerprint density at radius 3 is 3.00 bits per heavy atom. The van der Waals surface area contributed by atoms with Gasteiger partial charge in [-0.05, 0) is 6.26 Å². The molecule has 0 saturated heterocycles. The molecule has 0 radical (unpaired) electrons. The molecule has 0 saturated carbocycles. The highest BCUT2D eigenvalue weighted by Crippen LogP contribution is 2.03. The normalized spacial score (nSPS) is 9.83. The van der Waals surface area contributed by atoms with Gasteiger partial charge in [-0.25, -0.2) is 4.98 Å². The van der Waals surface area contributed by atoms with Crippen molar-refractivity contribution < 1.29 is 4.74 Å². The van der Waals surface area contributed by atoms with Crippen molar-refractivity contribution in [2.45, 2.75) is 5.75 Å². The molecule has 1 N–H and O–H groups in total. The number of methoxy groups -OCH3 is 1. The van der Waals surface area contributed by atoms with Gasteiger partial charge in [-0.1, -0.05) is 0 Å². The topological polar surface area (TPSA) is 55.0 Å². The zero-order chi connectivity index (χ0) is 8.97. The van der Waals surface area contributed by atoms with Gasteiger partial charge in [0.05, 0.1) is 19.1 Å². The second kappa shape index (κ2) is 4.15. The summed E-state index contributed by atoms with van der Waals surface area (Å²) in [5.41, 5.74) is -0.225. The number of nitrogens with one attached hydrogen (secondary N) is 1. The van der Waals surface area contributed by atoms with E-state index >= 15 is 0 Å². The number of thioether (sulfide) groups is 1. The van der Waals surface area contributed by atoms with E-state index in [1.807, 2.05) is 6.26 Å². The summed E-state index contributed by atoms with van der Waals surface area (Å²) in [4.78, 5) is 17.7. The van der Waals surface area contributed by atoms with Crippen molar-refractivity contribution in [3.63, 3.8) is 0 Å². The van der Waals surface area contributed by atoms with E-state index in [2.05, 4.69) is 9.97 Å². The molecule has 0 amide bonds. The van der Waals surface area contributed by atoms with E-state index in [-0.39, 0.29) is 11.3 Å². The second-order valence-electron chi connectivity index (χ2n) is 2.16. The molecule has 0 aliphatic rings. The van der Waals surface area contributed by atoms with Gasteiger partial charge in [0.1, 0.15) is 5.82 Å². The van der Waals surface area contributed by atoms with Gasteiger partial charge in [0, 0.05) is 0 Å². The average Bonchev–Trinajstić information content (AvgIpc) is 2.05. The Bertz CT molecular complexity index is 311. The maximum atomic E-state index is 11.1. The molecule has 5 heteroatoms. The van der Waals surface area contributed by atoms with Crippen molar-refractivity contribution in [1.82, 2.24) is 9.97 Å². The lowest BCUT2D eigenvalue weighted by Gasteiger charge is -1.99. The minimum atomic E-state index is -0.225. The smallest absolute Gasteiger partial charge is 0.293 e. The molecular weight excluding hydrogens is 176 g/mol. The zero-order valence-corrected chi connectivity index (χ0v) is 7.77. The van der Waals surface area contributed by atoms with Crippen LogP contribution in [0.2, 0.25) is 0 Å². The summed E-state index contributed by atoms with van der Waals surface area (Å²) >= 11 is 1.60. The molecule has 0 fully saturated rings. The fourth-order valence-electron chi connectivity index (χ4n) is 0.776. The number of ether oxygens (including phenoxy) is 1. The van der Waals surface area contributed by atoms with E-state index in [1.165, 1.54) is 13.3 Å². The first kappa shape index (κ1) is 9.12. The van der Waals surface area contributed by atoms with Crippen LogP contribution in [0.25, 0.3) is 0 Å². The van der Waals surface area contributed by atoms with Crippen LogP contribution in [0, 0.1) is 0 Å². The van der Waals surface area contributed by atoms with Gasteiger partial charge in [0.25, 0.3) is 5.56 Å². The first-order valence-electron chi connectivity index (χ1n) is 3.39. The monoisotopic (exact) mass is 186 g/mol. The molecule has 0 aliphatic carbocycles. The number of nitrogens with zero attached hydrogens (tertiary/aromatic N) is 1. The Balaban J connectivity index is 2.94. The summed E-state index contributed by atoms with van der Waals surface area (Å²) in [6.45, 7) is 0. The molecule has 0 spiro atoms. The van der Waals surface area contributed by atoms with Gasteiger partial charge in [-0.3, -0.25) is 4.79 Å². The number of rotatable bonds is 3. The van der Waals surface area contributed by atoms with E-state index in [0.717, 1.165) is 0 Å². The predicted octanol–water partition coefficient (Wildman–Crippen LogP) is 0.641. The molecule has 0 atom stereocenters.